The normalized spacial score (nSPS) is 12.0. The molecule has 0 bridgehead atoms. The lowest BCUT2D eigenvalue weighted by molar-refractivity contribution is 0.673. The van der Waals surface area contributed by atoms with E-state index in [0.717, 1.165) is 16.5 Å². The monoisotopic (exact) mass is 186 g/mol. The van der Waals surface area contributed by atoms with Gasteiger partial charge in [-0.2, -0.15) is 0 Å². The van der Waals surface area contributed by atoms with E-state index in [4.69, 9.17) is 0 Å². The Morgan fingerprint density at radius 2 is 2.21 bits per heavy atom. The zero-order chi connectivity index (χ0) is 9.97. The maximum atomic E-state index is 12.5. The van der Waals surface area contributed by atoms with E-state index in [1.54, 1.807) is 6.20 Å². The molecule has 1 aromatic carbocycles. The van der Waals surface area contributed by atoms with Crippen LogP contribution in [0.15, 0.2) is 42.4 Å². The number of fused-ring (bicyclic) bond motifs is 1. The zero-order valence-electron chi connectivity index (χ0n) is 7.57. The molecule has 0 saturated carbocycles. The van der Waals surface area contributed by atoms with E-state index in [1.807, 2.05) is 30.3 Å². The topological polar surface area (TPSA) is 12.9 Å². The van der Waals surface area contributed by atoms with E-state index in [9.17, 15) is 4.39 Å². The minimum absolute atomic E-state index is 0.437. The van der Waals surface area contributed by atoms with Crippen LogP contribution in [0.4, 0.5) is 4.39 Å². The fraction of sp³-hybridized carbons (Fsp3) is 0. The van der Waals surface area contributed by atoms with Gasteiger partial charge in [-0.1, -0.05) is 12.1 Å². The van der Waals surface area contributed by atoms with E-state index in [-0.39, 0.29) is 0 Å². The second kappa shape index (κ2) is 3.58. The SMILES string of the molecule is [CH2]/C(F)=C/c1ccc2ncccc2c1. The Labute approximate surface area is 81.9 Å². The predicted octanol–water partition coefficient (Wildman–Crippen LogP) is 3.38. The van der Waals surface area contributed by atoms with Gasteiger partial charge in [0.2, 0.25) is 0 Å². The summed E-state index contributed by atoms with van der Waals surface area (Å²) < 4.78 is 12.5. The first-order chi connectivity index (χ1) is 6.75. The first kappa shape index (κ1) is 8.88. The minimum atomic E-state index is -0.437. The van der Waals surface area contributed by atoms with Crippen molar-refractivity contribution in [2.45, 2.75) is 0 Å². The molecule has 0 saturated heterocycles. The molecule has 0 spiro atoms. The van der Waals surface area contributed by atoms with Crippen molar-refractivity contribution < 1.29 is 4.39 Å². The Morgan fingerprint density at radius 3 is 3.00 bits per heavy atom. The standard InChI is InChI=1S/C12H9FN/c1-9(13)7-10-4-5-12-11(8-10)3-2-6-14-12/h2-8H,1H2/b9-7-. The van der Waals surface area contributed by atoms with Crippen LogP contribution in [0.25, 0.3) is 17.0 Å². The quantitative estimate of drug-likeness (QED) is 0.665. The largest absolute Gasteiger partial charge is 0.256 e. The number of benzene rings is 1. The Balaban J connectivity index is 2.57. The lowest BCUT2D eigenvalue weighted by Crippen LogP contribution is -1.79. The molecular formula is C12H9FN. The molecule has 1 radical (unpaired) electrons. The van der Waals surface area contributed by atoms with Crippen LogP contribution in [0.5, 0.6) is 0 Å². The lowest BCUT2D eigenvalue weighted by atomic mass is 10.1. The number of halogens is 1. The van der Waals surface area contributed by atoms with Crippen molar-refractivity contribution in [3.8, 4) is 0 Å². The Kier molecular flexibility index (Phi) is 2.27. The molecule has 0 unspecified atom stereocenters. The van der Waals surface area contributed by atoms with Gasteiger partial charge < -0.3 is 0 Å². The zero-order valence-corrected chi connectivity index (χ0v) is 7.57. The molecule has 0 N–H and O–H groups in total. The predicted molar refractivity (Wildman–Crippen MR) is 56.2 cm³/mol. The smallest absolute Gasteiger partial charge is 0.101 e. The second-order valence-electron chi connectivity index (χ2n) is 3.05. The summed E-state index contributed by atoms with van der Waals surface area (Å²) in [7, 11) is 0. The summed E-state index contributed by atoms with van der Waals surface area (Å²) in [5.41, 5.74) is 1.71. The molecule has 0 aliphatic carbocycles. The Hall–Kier alpha value is -1.70. The van der Waals surface area contributed by atoms with Gasteiger partial charge in [-0.05, 0) is 29.8 Å². The molecule has 2 aromatic rings. The van der Waals surface area contributed by atoms with E-state index in [2.05, 4.69) is 11.9 Å². The van der Waals surface area contributed by atoms with Gasteiger partial charge in [0.1, 0.15) is 5.83 Å². The molecule has 2 heteroatoms. The summed E-state index contributed by atoms with van der Waals surface area (Å²) in [4.78, 5) is 4.17. The average molecular weight is 186 g/mol. The van der Waals surface area contributed by atoms with Crippen molar-refractivity contribution in [1.29, 1.82) is 0 Å². The first-order valence-corrected chi connectivity index (χ1v) is 4.30. The number of rotatable bonds is 1. The fourth-order valence-corrected chi connectivity index (χ4v) is 1.36. The van der Waals surface area contributed by atoms with Crippen LogP contribution in [0.1, 0.15) is 5.56 Å². The van der Waals surface area contributed by atoms with Crippen molar-refractivity contribution in [3.63, 3.8) is 0 Å². The average Bonchev–Trinajstić information content (AvgIpc) is 2.17. The maximum absolute atomic E-state index is 12.5. The van der Waals surface area contributed by atoms with Gasteiger partial charge in [0.15, 0.2) is 0 Å². The van der Waals surface area contributed by atoms with Crippen molar-refractivity contribution in [1.82, 2.24) is 4.98 Å². The van der Waals surface area contributed by atoms with Gasteiger partial charge in [0.05, 0.1) is 5.52 Å². The summed E-state index contributed by atoms with van der Waals surface area (Å²) in [6, 6.07) is 9.37. The molecule has 1 aromatic heterocycles. The van der Waals surface area contributed by atoms with Crippen molar-refractivity contribution in [3.05, 3.63) is 54.8 Å². The Bertz CT molecular complexity index is 484. The number of hydrogen-bond acceptors (Lipinski definition) is 1. The Morgan fingerprint density at radius 1 is 1.36 bits per heavy atom. The highest BCUT2D eigenvalue weighted by molar-refractivity contribution is 5.81. The molecule has 1 nitrogen and oxygen atoms in total. The number of hydrogen-bond donors (Lipinski definition) is 0. The molecule has 1 heterocycles. The molecule has 0 atom stereocenters. The first-order valence-electron chi connectivity index (χ1n) is 4.30. The summed E-state index contributed by atoms with van der Waals surface area (Å²) in [5, 5.41) is 1.00. The number of allylic oxidation sites excluding steroid dienone is 1. The third-order valence-electron chi connectivity index (χ3n) is 1.95. The van der Waals surface area contributed by atoms with Gasteiger partial charge in [-0.15, -0.1) is 0 Å². The molecule has 2 rings (SSSR count). The molecule has 0 amide bonds. The van der Waals surface area contributed by atoms with Crippen molar-refractivity contribution in [2.24, 2.45) is 0 Å². The van der Waals surface area contributed by atoms with Crippen LogP contribution >= 0.6 is 0 Å². The third kappa shape index (κ3) is 1.79. The van der Waals surface area contributed by atoms with E-state index >= 15 is 0 Å². The van der Waals surface area contributed by atoms with Crippen molar-refractivity contribution in [2.75, 3.05) is 0 Å². The number of nitrogens with zero attached hydrogens (tertiary/aromatic N) is 1. The van der Waals surface area contributed by atoms with E-state index in [0.29, 0.717) is 0 Å². The van der Waals surface area contributed by atoms with Crippen LogP contribution in [-0.4, -0.2) is 4.98 Å². The van der Waals surface area contributed by atoms with Crippen LogP contribution in [0.3, 0.4) is 0 Å². The third-order valence-corrected chi connectivity index (χ3v) is 1.95. The molecule has 0 aliphatic heterocycles. The lowest BCUT2D eigenvalue weighted by Gasteiger charge is -1.97. The van der Waals surface area contributed by atoms with Crippen LogP contribution in [0.2, 0.25) is 0 Å². The van der Waals surface area contributed by atoms with Crippen LogP contribution in [0, 0.1) is 6.92 Å². The fourth-order valence-electron chi connectivity index (χ4n) is 1.36. The highest BCUT2D eigenvalue weighted by Gasteiger charge is 1.94. The summed E-state index contributed by atoms with van der Waals surface area (Å²) >= 11 is 0. The molecule has 69 valence electrons. The van der Waals surface area contributed by atoms with Crippen LogP contribution in [-0.2, 0) is 0 Å². The van der Waals surface area contributed by atoms with Gasteiger partial charge >= 0.3 is 0 Å². The molecular weight excluding hydrogens is 177 g/mol. The van der Waals surface area contributed by atoms with Crippen LogP contribution < -0.4 is 0 Å². The van der Waals surface area contributed by atoms with Gasteiger partial charge in [0, 0.05) is 18.5 Å². The summed E-state index contributed by atoms with van der Waals surface area (Å²) in [6.07, 6.45) is 3.13. The highest BCUT2D eigenvalue weighted by atomic mass is 19.1. The van der Waals surface area contributed by atoms with E-state index in [1.165, 1.54) is 6.08 Å². The molecule has 14 heavy (non-hydrogen) atoms. The minimum Gasteiger partial charge on any atom is -0.256 e. The maximum Gasteiger partial charge on any atom is 0.101 e. The highest BCUT2D eigenvalue weighted by Crippen LogP contribution is 2.15. The summed E-state index contributed by atoms with van der Waals surface area (Å²) in [5.74, 6) is -0.437. The van der Waals surface area contributed by atoms with Gasteiger partial charge in [0.25, 0.3) is 0 Å². The number of pyridine rings is 1. The summed E-state index contributed by atoms with van der Waals surface area (Å²) in [6.45, 7) is 3.19. The van der Waals surface area contributed by atoms with E-state index < -0.39 is 5.83 Å². The van der Waals surface area contributed by atoms with Gasteiger partial charge in [-0.25, -0.2) is 4.39 Å². The second-order valence-corrected chi connectivity index (χ2v) is 3.05. The molecule has 0 fully saturated rings. The number of aromatic nitrogens is 1. The molecule has 0 aliphatic rings. The van der Waals surface area contributed by atoms with Gasteiger partial charge in [-0.3, -0.25) is 4.98 Å². The van der Waals surface area contributed by atoms with Crippen molar-refractivity contribution >= 4 is 17.0 Å².